The average Bonchev–Trinajstić information content (AvgIpc) is 2.55. The highest BCUT2D eigenvalue weighted by molar-refractivity contribution is 6.35. The van der Waals surface area contributed by atoms with Crippen molar-refractivity contribution in [3.05, 3.63) is 67.1 Å². The fourth-order valence-corrected chi connectivity index (χ4v) is 2.35. The molecule has 2 aromatic rings. The van der Waals surface area contributed by atoms with Crippen molar-refractivity contribution in [2.24, 2.45) is 5.10 Å². The van der Waals surface area contributed by atoms with Gasteiger partial charge in [-0.2, -0.15) is 5.10 Å². The number of hydrogen-bond acceptors (Lipinski definition) is 5. The lowest BCUT2D eigenvalue weighted by atomic mass is 10.2. The molecule has 0 atom stereocenters. The summed E-state index contributed by atoms with van der Waals surface area (Å²) in [5.74, 6) is -0.232. The molecule has 2 aromatic carbocycles. The monoisotopic (exact) mass is 401 g/mol. The summed E-state index contributed by atoms with van der Waals surface area (Å²) in [5, 5.41) is 15.2. The van der Waals surface area contributed by atoms with Gasteiger partial charge in [-0.1, -0.05) is 40.9 Å². The van der Waals surface area contributed by atoms with Crippen molar-refractivity contribution in [1.29, 1.82) is 0 Å². The number of ether oxygens (including phenoxy) is 1. The zero-order valence-electron chi connectivity index (χ0n) is 12.4. The van der Waals surface area contributed by atoms with Crippen molar-refractivity contribution in [2.75, 3.05) is 6.61 Å². The van der Waals surface area contributed by atoms with Gasteiger partial charge in [-0.05, 0) is 24.3 Å². The second-order valence-electron chi connectivity index (χ2n) is 4.62. The van der Waals surface area contributed by atoms with E-state index < -0.39 is 10.8 Å². The number of nitro groups is 1. The fourth-order valence-electron chi connectivity index (χ4n) is 1.70. The summed E-state index contributed by atoms with van der Waals surface area (Å²) >= 11 is 17.4. The number of nitrogens with one attached hydrogen (secondary N) is 1. The van der Waals surface area contributed by atoms with Gasteiger partial charge < -0.3 is 4.74 Å². The number of hydrogen-bond donors (Lipinski definition) is 1. The molecule has 10 heteroatoms. The Labute approximate surface area is 157 Å². The summed E-state index contributed by atoms with van der Waals surface area (Å²) in [6.45, 7) is -0.320. The minimum Gasteiger partial charge on any atom is -0.482 e. The van der Waals surface area contributed by atoms with Crippen LogP contribution < -0.4 is 10.2 Å². The van der Waals surface area contributed by atoms with E-state index in [1.54, 1.807) is 6.07 Å². The molecule has 1 amide bonds. The Balaban J connectivity index is 1.90. The van der Waals surface area contributed by atoms with Crippen LogP contribution in [0.4, 0.5) is 5.69 Å². The second kappa shape index (κ2) is 8.66. The van der Waals surface area contributed by atoms with Gasteiger partial charge >= 0.3 is 0 Å². The maximum absolute atomic E-state index is 11.7. The summed E-state index contributed by atoms with van der Waals surface area (Å²) in [5.41, 5.74) is 2.38. The van der Waals surface area contributed by atoms with Crippen molar-refractivity contribution >= 4 is 52.6 Å². The molecule has 0 saturated carbocycles. The van der Waals surface area contributed by atoms with E-state index in [1.165, 1.54) is 36.5 Å². The maximum atomic E-state index is 11.7. The van der Waals surface area contributed by atoms with Gasteiger partial charge in [-0.25, -0.2) is 5.43 Å². The first-order chi connectivity index (χ1) is 11.9. The molecule has 0 saturated heterocycles. The van der Waals surface area contributed by atoms with E-state index >= 15 is 0 Å². The number of carbonyl (C=O) groups excluding carboxylic acids is 1. The van der Waals surface area contributed by atoms with E-state index in [2.05, 4.69) is 10.5 Å². The molecule has 25 heavy (non-hydrogen) atoms. The molecule has 130 valence electrons. The van der Waals surface area contributed by atoms with Crippen LogP contribution in [0.5, 0.6) is 5.75 Å². The van der Waals surface area contributed by atoms with Crippen LogP contribution in [0, 0.1) is 10.1 Å². The molecule has 0 unspecified atom stereocenters. The quantitative estimate of drug-likeness (QED) is 0.447. The zero-order chi connectivity index (χ0) is 18.4. The van der Waals surface area contributed by atoms with Gasteiger partial charge in [0, 0.05) is 16.7 Å². The number of amides is 1. The number of carbonyl (C=O) groups is 1. The average molecular weight is 403 g/mol. The Morgan fingerprint density at radius 2 is 1.96 bits per heavy atom. The second-order valence-corrected chi connectivity index (χ2v) is 5.88. The molecule has 0 aliphatic carbocycles. The van der Waals surface area contributed by atoms with E-state index in [1.807, 2.05) is 0 Å². The molecule has 0 fully saturated rings. The van der Waals surface area contributed by atoms with Crippen molar-refractivity contribution in [3.8, 4) is 5.75 Å². The Kier molecular flexibility index (Phi) is 6.58. The minimum atomic E-state index is -0.609. The van der Waals surface area contributed by atoms with Gasteiger partial charge in [0.05, 0.1) is 16.2 Å². The normalized spacial score (nSPS) is 10.7. The molecule has 0 aliphatic rings. The predicted octanol–water partition coefficient (Wildman–Crippen LogP) is 4.08. The van der Waals surface area contributed by atoms with E-state index in [9.17, 15) is 14.9 Å². The number of benzene rings is 2. The highest BCUT2D eigenvalue weighted by atomic mass is 35.5. The first-order valence-corrected chi connectivity index (χ1v) is 7.84. The summed E-state index contributed by atoms with van der Waals surface area (Å²) in [7, 11) is 0. The summed E-state index contributed by atoms with van der Waals surface area (Å²) < 4.78 is 5.24. The topological polar surface area (TPSA) is 93.8 Å². The lowest BCUT2D eigenvalue weighted by molar-refractivity contribution is -0.384. The minimum absolute atomic E-state index is 0.0134. The number of halogens is 3. The van der Waals surface area contributed by atoms with Crippen LogP contribution in [0.15, 0.2) is 41.5 Å². The molecule has 0 aromatic heterocycles. The maximum Gasteiger partial charge on any atom is 0.288 e. The third-order valence-electron chi connectivity index (χ3n) is 2.82. The summed E-state index contributed by atoms with van der Waals surface area (Å²) in [6.07, 6.45) is 1.25. The molecule has 1 N–H and O–H groups in total. The Morgan fingerprint density at radius 1 is 1.20 bits per heavy atom. The predicted molar refractivity (Wildman–Crippen MR) is 95.8 cm³/mol. The molecule has 2 rings (SSSR count). The number of hydrazone groups is 1. The van der Waals surface area contributed by atoms with Crippen LogP contribution in [0.2, 0.25) is 15.1 Å². The van der Waals surface area contributed by atoms with Crippen LogP contribution in [0.3, 0.4) is 0 Å². The fraction of sp³-hybridized carbons (Fsp3) is 0.0667. The van der Waals surface area contributed by atoms with E-state index in [0.717, 1.165) is 0 Å². The zero-order valence-corrected chi connectivity index (χ0v) is 14.7. The van der Waals surface area contributed by atoms with Gasteiger partial charge in [0.25, 0.3) is 11.6 Å². The van der Waals surface area contributed by atoms with Crippen LogP contribution >= 0.6 is 34.8 Å². The molecule has 0 bridgehead atoms. The third-order valence-corrected chi connectivity index (χ3v) is 3.67. The summed E-state index contributed by atoms with van der Waals surface area (Å²) in [4.78, 5) is 21.9. The van der Waals surface area contributed by atoms with Crippen LogP contribution in [0.25, 0.3) is 0 Å². The highest BCUT2D eigenvalue weighted by Gasteiger charge is 2.12. The van der Waals surface area contributed by atoms with Crippen molar-refractivity contribution in [3.63, 3.8) is 0 Å². The third kappa shape index (κ3) is 5.60. The Hall–Kier alpha value is -2.35. The molecular weight excluding hydrogens is 393 g/mol. The SMILES string of the molecule is O=C(COc1ccc(Cl)cc1Cl)N/N=C\c1ccc(Cl)c([N+](=O)[O-])c1. The number of rotatable bonds is 6. The van der Waals surface area contributed by atoms with Gasteiger partial charge in [-0.15, -0.1) is 0 Å². The number of nitrogens with zero attached hydrogens (tertiary/aromatic N) is 2. The smallest absolute Gasteiger partial charge is 0.288 e. The summed E-state index contributed by atoms with van der Waals surface area (Å²) in [6, 6.07) is 8.73. The van der Waals surface area contributed by atoms with Crippen LogP contribution in [-0.2, 0) is 4.79 Å². The molecule has 7 nitrogen and oxygen atoms in total. The van der Waals surface area contributed by atoms with Crippen molar-refractivity contribution in [1.82, 2.24) is 5.43 Å². The van der Waals surface area contributed by atoms with Gasteiger partial charge in [-0.3, -0.25) is 14.9 Å². The lowest BCUT2D eigenvalue weighted by Gasteiger charge is -2.06. The van der Waals surface area contributed by atoms with Crippen LogP contribution in [-0.4, -0.2) is 23.7 Å². The first-order valence-electron chi connectivity index (χ1n) is 6.70. The van der Waals surface area contributed by atoms with Gasteiger partial charge in [0.1, 0.15) is 10.8 Å². The molecule has 0 aliphatic heterocycles. The molecular formula is C15H10Cl3N3O4. The van der Waals surface area contributed by atoms with Crippen molar-refractivity contribution < 1.29 is 14.5 Å². The van der Waals surface area contributed by atoms with Gasteiger partial charge in [0.2, 0.25) is 0 Å². The van der Waals surface area contributed by atoms with Crippen molar-refractivity contribution in [2.45, 2.75) is 0 Å². The highest BCUT2D eigenvalue weighted by Crippen LogP contribution is 2.27. The standard InChI is InChI=1S/C15H10Cl3N3O4/c16-10-2-4-14(12(18)6-10)25-8-15(22)20-19-7-9-1-3-11(17)13(5-9)21(23)24/h1-7H,8H2,(H,20,22)/b19-7-. The van der Waals surface area contributed by atoms with Crippen LogP contribution in [0.1, 0.15) is 5.56 Å². The Morgan fingerprint density at radius 3 is 2.64 bits per heavy atom. The Bertz CT molecular complexity index is 843. The van der Waals surface area contributed by atoms with E-state index in [0.29, 0.717) is 16.3 Å². The molecule has 0 radical (unpaired) electrons. The van der Waals surface area contributed by atoms with Gasteiger partial charge in [0.15, 0.2) is 6.61 Å². The lowest BCUT2D eigenvalue weighted by Crippen LogP contribution is -2.24. The molecule has 0 spiro atoms. The molecule has 0 heterocycles. The van der Waals surface area contributed by atoms with E-state index in [4.69, 9.17) is 39.5 Å². The number of nitro benzene ring substituents is 1. The largest absolute Gasteiger partial charge is 0.482 e. The first kappa shape index (κ1) is 19.0. The van der Waals surface area contributed by atoms with E-state index in [-0.39, 0.29) is 22.3 Å².